The van der Waals surface area contributed by atoms with Crippen molar-refractivity contribution < 1.29 is 4.39 Å². The Morgan fingerprint density at radius 2 is 2.19 bits per heavy atom. The van der Waals surface area contributed by atoms with Crippen LogP contribution in [0, 0.1) is 5.82 Å². The maximum atomic E-state index is 13.0. The smallest absolute Gasteiger partial charge is 0.141 e. The van der Waals surface area contributed by atoms with Crippen molar-refractivity contribution in [2.45, 2.75) is 6.04 Å². The zero-order valence-electron chi connectivity index (χ0n) is 8.69. The molecule has 0 aliphatic heterocycles. The van der Waals surface area contributed by atoms with Crippen LogP contribution in [0.2, 0.25) is 5.02 Å². The maximum absolute atomic E-state index is 13.0. The number of nitrogens with zero attached hydrogens (tertiary/aromatic N) is 2. The molecule has 16 heavy (non-hydrogen) atoms. The van der Waals surface area contributed by atoms with Crippen LogP contribution in [-0.2, 0) is 7.05 Å². The second kappa shape index (κ2) is 4.23. The van der Waals surface area contributed by atoms with Crippen LogP contribution in [0.15, 0.2) is 30.6 Å². The lowest BCUT2D eigenvalue weighted by molar-refractivity contribution is 0.627. The van der Waals surface area contributed by atoms with E-state index in [2.05, 4.69) is 5.10 Å². The van der Waals surface area contributed by atoms with Crippen LogP contribution < -0.4 is 5.73 Å². The summed E-state index contributed by atoms with van der Waals surface area (Å²) in [5.74, 6) is -0.441. The molecule has 0 amide bonds. The fourth-order valence-electron chi connectivity index (χ4n) is 1.50. The van der Waals surface area contributed by atoms with Crippen molar-refractivity contribution in [1.82, 2.24) is 9.78 Å². The summed E-state index contributed by atoms with van der Waals surface area (Å²) in [5.41, 5.74) is 7.64. The lowest BCUT2D eigenvalue weighted by Crippen LogP contribution is -2.11. The fraction of sp³-hybridized carbons (Fsp3) is 0.182. The number of hydrogen-bond acceptors (Lipinski definition) is 2. The molecule has 0 radical (unpaired) electrons. The fourth-order valence-corrected chi connectivity index (χ4v) is 1.69. The predicted molar refractivity (Wildman–Crippen MR) is 60.6 cm³/mol. The van der Waals surface area contributed by atoms with Gasteiger partial charge in [0.05, 0.1) is 17.3 Å². The second-order valence-electron chi connectivity index (χ2n) is 3.60. The van der Waals surface area contributed by atoms with E-state index >= 15 is 0 Å². The van der Waals surface area contributed by atoms with Gasteiger partial charge in [0, 0.05) is 18.8 Å². The monoisotopic (exact) mass is 239 g/mol. The molecular weight excluding hydrogens is 229 g/mol. The summed E-state index contributed by atoms with van der Waals surface area (Å²) >= 11 is 5.70. The molecule has 1 aromatic carbocycles. The molecule has 0 saturated heterocycles. The SMILES string of the molecule is Cn1cc([C@@H](N)c2ccc(F)c(Cl)c2)cn1. The molecule has 2 rings (SSSR count). The molecule has 0 bridgehead atoms. The van der Waals surface area contributed by atoms with Crippen LogP contribution in [0.5, 0.6) is 0 Å². The molecule has 0 fully saturated rings. The van der Waals surface area contributed by atoms with Gasteiger partial charge in [0.15, 0.2) is 0 Å². The van der Waals surface area contributed by atoms with Crippen LogP contribution in [0.1, 0.15) is 17.2 Å². The Balaban J connectivity index is 2.33. The van der Waals surface area contributed by atoms with E-state index in [0.29, 0.717) is 0 Å². The van der Waals surface area contributed by atoms with Gasteiger partial charge in [0.2, 0.25) is 0 Å². The quantitative estimate of drug-likeness (QED) is 0.874. The van der Waals surface area contributed by atoms with E-state index in [1.165, 1.54) is 12.1 Å². The van der Waals surface area contributed by atoms with Gasteiger partial charge in [-0.1, -0.05) is 17.7 Å². The molecule has 0 saturated carbocycles. The number of nitrogens with two attached hydrogens (primary N) is 1. The molecule has 0 aliphatic carbocycles. The molecule has 2 N–H and O–H groups in total. The van der Waals surface area contributed by atoms with Gasteiger partial charge in [-0.3, -0.25) is 4.68 Å². The molecule has 0 unspecified atom stereocenters. The Bertz CT molecular complexity index is 510. The first-order chi connectivity index (χ1) is 7.58. The molecule has 0 aliphatic rings. The van der Waals surface area contributed by atoms with Crippen molar-refractivity contribution in [2.75, 3.05) is 0 Å². The second-order valence-corrected chi connectivity index (χ2v) is 4.01. The van der Waals surface area contributed by atoms with E-state index in [1.807, 2.05) is 13.2 Å². The summed E-state index contributed by atoms with van der Waals surface area (Å²) in [6.45, 7) is 0. The molecule has 5 heteroatoms. The third-order valence-corrected chi connectivity index (χ3v) is 2.68. The van der Waals surface area contributed by atoms with Gasteiger partial charge in [-0.05, 0) is 17.7 Å². The maximum Gasteiger partial charge on any atom is 0.141 e. The first kappa shape index (κ1) is 11.1. The van der Waals surface area contributed by atoms with E-state index in [0.717, 1.165) is 11.1 Å². The van der Waals surface area contributed by atoms with Crippen molar-refractivity contribution in [1.29, 1.82) is 0 Å². The normalized spacial score (nSPS) is 12.8. The van der Waals surface area contributed by atoms with Crippen molar-refractivity contribution >= 4 is 11.6 Å². The number of benzene rings is 1. The van der Waals surface area contributed by atoms with Crippen LogP contribution in [-0.4, -0.2) is 9.78 Å². The minimum absolute atomic E-state index is 0.0804. The van der Waals surface area contributed by atoms with Gasteiger partial charge in [-0.25, -0.2) is 4.39 Å². The highest BCUT2D eigenvalue weighted by molar-refractivity contribution is 6.30. The highest BCUT2D eigenvalue weighted by Crippen LogP contribution is 2.23. The van der Waals surface area contributed by atoms with E-state index < -0.39 is 5.82 Å². The van der Waals surface area contributed by atoms with Gasteiger partial charge in [-0.2, -0.15) is 5.10 Å². The first-order valence-corrected chi connectivity index (χ1v) is 5.15. The zero-order chi connectivity index (χ0) is 11.7. The number of aryl methyl sites for hydroxylation is 1. The average molecular weight is 240 g/mol. The lowest BCUT2D eigenvalue weighted by atomic mass is 10.0. The summed E-state index contributed by atoms with van der Waals surface area (Å²) in [6, 6.07) is 4.13. The summed E-state index contributed by atoms with van der Waals surface area (Å²) in [4.78, 5) is 0. The standard InChI is InChI=1S/C11H11ClFN3/c1-16-6-8(5-15-16)11(14)7-2-3-10(13)9(12)4-7/h2-6,11H,14H2,1H3/t11-/m0/s1. The molecule has 84 valence electrons. The number of halogens is 2. The van der Waals surface area contributed by atoms with E-state index in [4.69, 9.17) is 17.3 Å². The Morgan fingerprint density at radius 1 is 1.44 bits per heavy atom. The van der Waals surface area contributed by atoms with Crippen molar-refractivity contribution in [3.05, 3.63) is 52.6 Å². The van der Waals surface area contributed by atoms with Crippen LogP contribution in [0.4, 0.5) is 4.39 Å². The van der Waals surface area contributed by atoms with E-state index in [1.54, 1.807) is 16.9 Å². The number of aromatic nitrogens is 2. The summed E-state index contributed by atoms with van der Waals surface area (Å²) < 4.78 is 14.6. The van der Waals surface area contributed by atoms with Crippen molar-refractivity contribution in [3.63, 3.8) is 0 Å². The Labute approximate surface area is 97.6 Å². The minimum atomic E-state index is -0.441. The third kappa shape index (κ3) is 2.08. The van der Waals surface area contributed by atoms with Gasteiger partial charge in [0.25, 0.3) is 0 Å². The van der Waals surface area contributed by atoms with E-state index in [9.17, 15) is 4.39 Å². The highest BCUT2D eigenvalue weighted by Gasteiger charge is 2.12. The molecule has 1 heterocycles. The minimum Gasteiger partial charge on any atom is -0.320 e. The van der Waals surface area contributed by atoms with Gasteiger partial charge in [0.1, 0.15) is 5.82 Å². The summed E-state index contributed by atoms with van der Waals surface area (Å²) in [6.07, 6.45) is 3.50. The van der Waals surface area contributed by atoms with Crippen LogP contribution in [0.25, 0.3) is 0 Å². The first-order valence-electron chi connectivity index (χ1n) is 4.77. The topological polar surface area (TPSA) is 43.8 Å². The Morgan fingerprint density at radius 3 is 2.75 bits per heavy atom. The van der Waals surface area contributed by atoms with Gasteiger partial charge < -0.3 is 5.73 Å². The Hall–Kier alpha value is -1.39. The molecule has 1 atom stereocenters. The van der Waals surface area contributed by atoms with Crippen LogP contribution in [0.3, 0.4) is 0 Å². The van der Waals surface area contributed by atoms with Crippen molar-refractivity contribution in [3.8, 4) is 0 Å². The zero-order valence-corrected chi connectivity index (χ0v) is 9.45. The lowest BCUT2D eigenvalue weighted by Gasteiger charge is -2.10. The number of hydrogen-bond donors (Lipinski definition) is 1. The molecular formula is C11H11ClFN3. The molecule has 0 spiro atoms. The van der Waals surface area contributed by atoms with E-state index in [-0.39, 0.29) is 11.1 Å². The summed E-state index contributed by atoms with van der Waals surface area (Å²) in [7, 11) is 1.81. The largest absolute Gasteiger partial charge is 0.320 e. The number of rotatable bonds is 2. The van der Waals surface area contributed by atoms with Gasteiger partial charge in [-0.15, -0.1) is 0 Å². The average Bonchev–Trinajstić information content (AvgIpc) is 2.68. The molecule has 3 nitrogen and oxygen atoms in total. The highest BCUT2D eigenvalue weighted by atomic mass is 35.5. The molecule has 1 aromatic heterocycles. The Kier molecular flexibility index (Phi) is 2.94. The third-order valence-electron chi connectivity index (χ3n) is 2.39. The van der Waals surface area contributed by atoms with Crippen LogP contribution >= 0.6 is 11.6 Å². The predicted octanol–water partition coefficient (Wildman–Crippen LogP) is 2.26. The summed E-state index contributed by atoms with van der Waals surface area (Å²) in [5, 5.41) is 4.11. The van der Waals surface area contributed by atoms with Gasteiger partial charge >= 0.3 is 0 Å². The molecule has 2 aromatic rings. The van der Waals surface area contributed by atoms with Crippen molar-refractivity contribution in [2.24, 2.45) is 12.8 Å².